The molecular weight excluding hydrogens is 164 g/mol. The maximum Gasteiger partial charge on any atom is 0.0639 e. The lowest BCUT2D eigenvalue weighted by Crippen LogP contribution is -2.44. The molecule has 0 saturated carbocycles. The molecule has 0 spiro atoms. The van der Waals surface area contributed by atoms with Gasteiger partial charge in [-0.25, -0.2) is 0 Å². The van der Waals surface area contributed by atoms with Crippen LogP contribution in [0.15, 0.2) is 0 Å². The van der Waals surface area contributed by atoms with Crippen molar-refractivity contribution in [2.24, 2.45) is 11.7 Å². The average molecular weight is 186 g/mol. The van der Waals surface area contributed by atoms with Gasteiger partial charge in [-0.1, -0.05) is 0 Å². The number of β-amino-alcohol motifs (C(OH)–C–C–N with tert-alkyl or cyclic N) is 1. The molecule has 1 aliphatic heterocycles. The summed E-state index contributed by atoms with van der Waals surface area (Å²) in [6.07, 6.45) is 2.25. The van der Waals surface area contributed by atoms with Crippen LogP contribution >= 0.6 is 0 Å². The Balaban J connectivity index is 2.33. The lowest BCUT2D eigenvalue weighted by Gasteiger charge is -2.35. The van der Waals surface area contributed by atoms with Crippen LogP contribution in [0.4, 0.5) is 0 Å². The Hall–Kier alpha value is -0.120. The number of hydrogen-bond acceptors (Lipinski definition) is 3. The number of rotatable bonds is 3. The Morgan fingerprint density at radius 1 is 1.54 bits per heavy atom. The Bertz CT molecular complexity index is 148. The molecule has 3 N–H and O–H groups in total. The molecule has 0 radical (unpaired) electrons. The van der Waals surface area contributed by atoms with E-state index in [0.29, 0.717) is 5.92 Å². The van der Waals surface area contributed by atoms with E-state index in [1.807, 2.05) is 6.92 Å². The normalized spacial score (nSPS) is 30.0. The van der Waals surface area contributed by atoms with Crippen molar-refractivity contribution in [1.82, 2.24) is 4.90 Å². The third-order valence-electron chi connectivity index (χ3n) is 2.81. The molecule has 0 aliphatic carbocycles. The Morgan fingerprint density at radius 2 is 2.23 bits per heavy atom. The van der Waals surface area contributed by atoms with Gasteiger partial charge in [-0.3, -0.25) is 0 Å². The summed E-state index contributed by atoms with van der Waals surface area (Å²) in [5.74, 6) is 0.618. The van der Waals surface area contributed by atoms with E-state index < -0.39 is 0 Å². The summed E-state index contributed by atoms with van der Waals surface area (Å²) >= 11 is 0. The molecule has 78 valence electrons. The van der Waals surface area contributed by atoms with Crippen molar-refractivity contribution in [2.75, 3.05) is 19.6 Å². The van der Waals surface area contributed by atoms with E-state index in [4.69, 9.17) is 5.73 Å². The molecule has 1 rings (SSSR count). The van der Waals surface area contributed by atoms with Crippen molar-refractivity contribution in [1.29, 1.82) is 0 Å². The second-order valence-corrected chi connectivity index (χ2v) is 4.37. The molecule has 1 saturated heterocycles. The van der Waals surface area contributed by atoms with E-state index in [1.165, 1.54) is 12.8 Å². The second-order valence-electron chi connectivity index (χ2n) is 4.37. The van der Waals surface area contributed by atoms with E-state index in [-0.39, 0.29) is 12.1 Å². The molecule has 0 aromatic rings. The highest BCUT2D eigenvalue weighted by Crippen LogP contribution is 2.18. The second kappa shape index (κ2) is 4.94. The predicted octanol–water partition coefficient (Wildman–Crippen LogP) is 0.426. The fourth-order valence-corrected chi connectivity index (χ4v) is 2.06. The third-order valence-corrected chi connectivity index (χ3v) is 2.81. The largest absolute Gasteiger partial charge is 0.392 e. The van der Waals surface area contributed by atoms with Gasteiger partial charge in [0.1, 0.15) is 0 Å². The van der Waals surface area contributed by atoms with Gasteiger partial charge in [-0.05, 0) is 39.2 Å². The maximum atomic E-state index is 9.26. The zero-order chi connectivity index (χ0) is 9.84. The summed E-state index contributed by atoms with van der Waals surface area (Å²) in [4.78, 5) is 2.32. The molecule has 13 heavy (non-hydrogen) atoms. The van der Waals surface area contributed by atoms with Crippen LogP contribution in [0, 0.1) is 5.92 Å². The fraction of sp³-hybridized carbons (Fsp3) is 1.00. The predicted molar refractivity (Wildman–Crippen MR) is 54.5 cm³/mol. The lowest BCUT2D eigenvalue weighted by molar-refractivity contribution is 0.0899. The maximum absolute atomic E-state index is 9.26. The quantitative estimate of drug-likeness (QED) is 0.672. The van der Waals surface area contributed by atoms with Crippen LogP contribution in [-0.2, 0) is 0 Å². The van der Waals surface area contributed by atoms with Gasteiger partial charge < -0.3 is 15.7 Å². The molecule has 0 aromatic heterocycles. The zero-order valence-electron chi connectivity index (χ0n) is 8.74. The monoisotopic (exact) mass is 186 g/mol. The van der Waals surface area contributed by atoms with Gasteiger partial charge in [-0.15, -0.1) is 0 Å². The first kappa shape index (κ1) is 11.0. The number of nitrogens with two attached hydrogens (primary N) is 1. The minimum Gasteiger partial charge on any atom is -0.392 e. The van der Waals surface area contributed by atoms with Crippen molar-refractivity contribution in [2.45, 2.75) is 38.8 Å². The summed E-state index contributed by atoms with van der Waals surface area (Å²) in [5.41, 5.74) is 5.87. The molecule has 1 heterocycles. The number of piperidine rings is 1. The van der Waals surface area contributed by atoms with Gasteiger partial charge in [0.15, 0.2) is 0 Å². The van der Waals surface area contributed by atoms with Crippen LogP contribution in [0.5, 0.6) is 0 Å². The van der Waals surface area contributed by atoms with Gasteiger partial charge in [-0.2, -0.15) is 0 Å². The van der Waals surface area contributed by atoms with E-state index >= 15 is 0 Å². The Labute approximate surface area is 80.9 Å². The third kappa shape index (κ3) is 3.63. The van der Waals surface area contributed by atoms with Crippen LogP contribution in [0.1, 0.15) is 26.7 Å². The molecular formula is C10H22N2O. The Kier molecular flexibility index (Phi) is 4.16. The van der Waals surface area contributed by atoms with Gasteiger partial charge in [0, 0.05) is 19.1 Å². The highest BCUT2D eigenvalue weighted by Gasteiger charge is 2.22. The zero-order valence-corrected chi connectivity index (χ0v) is 8.74. The molecule has 3 nitrogen and oxygen atoms in total. The number of likely N-dealkylation sites (tertiary alicyclic amines) is 1. The van der Waals surface area contributed by atoms with E-state index in [0.717, 1.165) is 19.6 Å². The summed E-state index contributed by atoms with van der Waals surface area (Å²) in [6, 6.07) is 0.289. The highest BCUT2D eigenvalue weighted by molar-refractivity contribution is 4.78. The van der Waals surface area contributed by atoms with E-state index in [1.54, 1.807) is 0 Å². The summed E-state index contributed by atoms with van der Waals surface area (Å²) < 4.78 is 0. The van der Waals surface area contributed by atoms with Crippen molar-refractivity contribution in [3.8, 4) is 0 Å². The summed E-state index contributed by atoms with van der Waals surface area (Å²) in [5, 5.41) is 9.26. The summed E-state index contributed by atoms with van der Waals surface area (Å²) in [6.45, 7) is 6.89. The highest BCUT2D eigenvalue weighted by atomic mass is 16.3. The standard InChI is InChI=1S/C10H22N2O/c1-8(13)6-12-5-3-4-10(7-12)9(2)11/h8-10,13H,3-7,11H2,1-2H3/t8-,9?,10?/m0/s1. The van der Waals surface area contributed by atoms with Crippen molar-refractivity contribution in [3.05, 3.63) is 0 Å². The molecule has 3 heteroatoms. The minimum atomic E-state index is -0.216. The number of nitrogens with zero attached hydrogens (tertiary/aromatic N) is 1. The number of aliphatic hydroxyl groups is 1. The SMILES string of the molecule is CC(N)C1CCCN(C[C@H](C)O)C1. The van der Waals surface area contributed by atoms with Gasteiger partial charge in [0.05, 0.1) is 6.10 Å². The van der Waals surface area contributed by atoms with Gasteiger partial charge in [0.2, 0.25) is 0 Å². The lowest BCUT2D eigenvalue weighted by atomic mass is 9.92. The first-order chi connectivity index (χ1) is 6.09. The van der Waals surface area contributed by atoms with Crippen LogP contribution in [0.25, 0.3) is 0 Å². The van der Waals surface area contributed by atoms with E-state index in [2.05, 4.69) is 11.8 Å². The van der Waals surface area contributed by atoms with Crippen LogP contribution in [0.2, 0.25) is 0 Å². The van der Waals surface area contributed by atoms with Crippen LogP contribution < -0.4 is 5.73 Å². The minimum absolute atomic E-state index is 0.216. The van der Waals surface area contributed by atoms with Crippen LogP contribution in [0.3, 0.4) is 0 Å². The molecule has 1 fully saturated rings. The topological polar surface area (TPSA) is 49.5 Å². The molecule has 1 aliphatic rings. The summed E-state index contributed by atoms with van der Waals surface area (Å²) in [7, 11) is 0. The molecule has 2 unspecified atom stereocenters. The van der Waals surface area contributed by atoms with Crippen LogP contribution in [-0.4, -0.2) is 41.8 Å². The van der Waals surface area contributed by atoms with Gasteiger partial charge in [0.25, 0.3) is 0 Å². The molecule has 0 bridgehead atoms. The van der Waals surface area contributed by atoms with Gasteiger partial charge >= 0.3 is 0 Å². The van der Waals surface area contributed by atoms with Crippen molar-refractivity contribution >= 4 is 0 Å². The molecule has 0 aromatic carbocycles. The van der Waals surface area contributed by atoms with E-state index in [9.17, 15) is 5.11 Å². The number of hydrogen-bond donors (Lipinski definition) is 2. The number of aliphatic hydroxyl groups excluding tert-OH is 1. The Morgan fingerprint density at radius 3 is 2.77 bits per heavy atom. The molecule has 0 amide bonds. The molecule has 3 atom stereocenters. The fourth-order valence-electron chi connectivity index (χ4n) is 2.06. The van der Waals surface area contributed by atoms with Crippen molar-refractivity contribution < 1.29 is 5.11 Å². The first-order valence-corrected chi connectivity index (χ1v) is 5.25. The first-order valence-electron chi connectivity index (χ1n) is 5.25. The van der Waals surface area contributed by atoms with Crippen molar-refractivity contribution in [3.63, 3.8) is 0 Å². The average Bonchev–Trinajstić information content (AvgIpc) is 2.03. The smallest absolute Gasteiger partial charge is 0.0639 e.